The van der Waals surface area contributed by atoms with E-state index in [1.54, 1.807) is 11.3 Å². The van der Waals surface area contributed by atoms with Crippen LogP contribution in [0.5, 0.6) is 0 Å². The first kappa shape index (κ1) is 11.0. The van der Waals surface area contributed by atoms with Gasteiger partial charge in [0.2, 0.25) is 0 Å². The number of nitrogens with zero attached hydrogens (tertiary/aromatic N) is 1. The van der Waals surface area contributed by atoms with Crippen molar-refractivity contribution in [1.29, 1.82) is 0 Å². The molecule has 0 aliphatic carbocycles. The highest BCUT2D eigenvalue weighted by Crippen LogP contribution is 2.11. The fourth-order valence-corrected chi connectivity index (χ4v) is 2.74. The van der Waals surface area contributed by atoms with Gasteiger partial charge in [0.05, 0.1) is 5.01 Å². The first-order chi connectivity index (χ1) is 7.34. The number of hydrogen-bond acceptors (Lipinski definition) is 4. The van der Waals surface area contributed by atoms with Gasteiger partial charge in [0, 0.05) is 23.7 Å². The second-order valence-corrected chi connectivity index (χ2v) is 5.42. The molecule has 0 spiro atoms. The van der Waals surface area contributed by atoms with E-state index in [2.05, 4.69) is 22.5 Å². The molecule has 0 bridgehead atoms. The minimum absolute atomic E-state index is 0.751. The van der Waals surface area contributed by atoms with Crippen LogP contribution in [-0.4, -0.2) is 24.1 Å². The smallest absolute Gasteiger partial charge is 0.0897 e. The van der Waals surface area contributed by atoms with E-state index in [0.717, 1.165) is 24.1 Å². The van der Waals surface area contributed by atoms with Gasteiger partial charge in [0.25, 0.3) is 0 Å². The highest BCUT2D eigenvalue weighted by molar-refractivity contribution is 7.11. The third-order valence-corrected chi connectivity index (χ3v) is 3.71. The Hall–Kier alpha value is -0.450. The summed E-state index contributed by atoms with van der Waals surface area (Å²) in [6, 6.07) is 0.751. The van der Waals surface area contributed by atoms with Crippen molar-refractivity contribution >= 4 is 11.3 Å². The molecule has 1 aromatic heterocycles. The first-order valence-electron chi connectivity index (χ1n) is 5.70. The van der Waals surface area contributed by atoms with E-state index >= 15 is 0 Å². The average molecular weight is 225 g/mol. The Labute approximate surface area is 95.3 Å². The van der Waals surface area contributed by atoms with Crippen LogP contribution < -0.4 is 10.6 Å². The summed E-state index contributed by atoms with van der Waals surface area (Å²) in [6.45, 7) is 5.34. The lowest BCUT2D eigenvalue weighted by molar-refractivity contribution is 0.524. The maximum absolute atomic E-state index is 4.24. The third kappa shape index (κ3) is 3.55. The molecule has 0 radical (unpaired) electrons. The van der Waals surface area contributed by atoms with Crippen LogP contribution in [0.2, 0.25) is 0 Å². The van der Waals surface area contributed by atoms with Crippen LogP contribution in [0.25, 0.3) is 0 Å². The molecule has 1 unspecified atom stereocenters. The fraction of sp³-hybridized carbons (Fsp3) is 0.727. The summed E-state index contributed by atoms with van der Waals surface area (Å²) < 4.78 is 0. The Balaban J connectivity index is 1.58. The maximum Gasteiger partial charge on any atom is 0.0897 e. The number of rotatable bonds is 5. The van der Waals surface area contributed by atoms with E-state index < -0.39 is 0 Å². The van der Waals surface area contributed by atoms with Gasteiger partial charge in [-0.2, -0.15) is 0 Å². The van der Waals surface area contributed by atoms with Crippen LogP contribution >= 0.6 is 11.3 Å². The quantitative estimate of drug-likeness (QED) is 0.749. The second kappa shape index (κ2) is 5.58. The van der Waals surface area contributed by atoms with Crippen molar-refractivity contribution in [3.05, 3.63) is 16.1 Å². The summed E-state index contributed by atoms with van der Waals surface area (Å²) in [5, 5.41) is 8.14. The summed E-state index contributed by atoms with van der Waals surface area (Å²) in [7, 11) is 0. The van der Waals surface area contributed by atoms with Crippen LogP contribution in [0.15, 0.2) is 6.20 Å². The van der Waals surface area contributed by atoms with E-state index in [-0.39, 0.29) is 0 Å². The van der Waals surface area contributed by atoms with Crippen molar-refractivity contribution in [3.63, 3.8) is 0 Å². The van der Waals surface area contributed by atoms with Gasteiger partial charge in [-0.05, 0) is 39.3 Å². The summed E-state index contributed by atoms with van der Waals surface area (Å²) in [5.74, 6) is 0. The van der Waals surface area contributed by atoms with Gasteiger partial charge < -0.3 is 10.6 Å². The van der Waals surface area contributed by atoms with Crippen molar-refractivity contribution in [2.75, 3.05) is 13.1 Å². The van der Waals surface area contributed by atoms with E-state index in [0.29, 0.717) is 0 Å². The Morgan fingerprint density at radius 2 is 2.60 bits per heavy atom. The molecule has 1 atom stereocenters. The first-order valence-corrected chi connectivity index (χ1v) is 6.51. The number of nitrogens with one attached hydrogen (secondary N) is 2. The van der Waals surface area contributed by atoms with Crippen molar-refractivity contribution in [3.8, 4) is 0 Å². The Bertz CT molecular complexity index is 292. The van der Waals surface area contributed by atoms with Crippen molar-refractivity contribution < 1.29 is 0 Å². The van der Waals surface area contributed by atoms with Gasteiger partial charge in [-0.25, -0.2) is 4.98 Å². The molecule has 1 aromatic rings. The molecule has 4 heteroatoms. The van der Waals surface area contributed by atoms with Crippen LogP contribution in [0.4, 0.5) is 0 Å². The molecule has 3 nitrogen and oxygen atoms in total. The topological polar surface area (TPSA) is 37.0 Å². The maximum atomic E-state index is 4.24. The van der Waals surface area contributed by atoms with Gasteiger partial charge in [-0.15, -0.1) is 11.3 Å². The third-order valence-electron chi connectivity index (χ3n) is 2.80. The molecular formula is C11H19N3S. The highest BCUT2D eigenvalue weighted by Gasteiger charge is 2.12. The lowest BCUT2D eigenvalue weighted by Gasteiger charge is -2.09. The zero-order chi connectivity index (χ0) is 10.5. The SMILES string of the molecule is Cc1ncc(CNCCC2CCCN2)s1. The molecule has 1 aliphatic heterocycles. The van der Waals surface area contributed by atoms with E-state index in [1.165, 1.54) is 30.7 Å². The molecule has 0 aromatic carbocycles. The summed E-state index contributed by atoms with van der Waals surface area (Å²) in [4.78, 5) is 5.58. The molecule has 0 amide bonds. The normalized spacial score (nSPS) is 21.0. The largest absolute Gasteiger partial charge is 0.314 e. The monoisotopic (exact) mass is 225 g/mol. The standard InChI is InChI=1S/C11H19N3S/c1-9-14-8-11(15-9)7-12-6-4-10-3-2-5-13-10/h8,10,12-13H,2-7H2,1H3. The Morgan fingerprint density at radius 1 is 1.67 bits per heavy atom. The minimum Gasteiger partial charge on any atom is -0.314 e. The fourth-order valence-electron chi connectivity index (χ4n) is 1.98. The molecule has 2 N–H and O–H groups in total. The van der Waals surface area contributed by atoms with Gasteiger partial charge in [-0.3, -0.25) is 0 Å². The van der Waals surface area contributed by atoms with E-state index in [4.69, 9.17) is 0 Å². The minimum atomic E-state index is 0.751. The molecule has 1 fully saturated rings. The molecule has 2 rings (SSSR count). The van der Waals surface area contributed by atoms with E-state index in [1.807, 2.05) is 6.20 Å². The lowest BCUT2D eigenvalue weighted by Crippen LogP contribution is -2.26. The van der Waals surface area contributed by atoms with Gasteiger partial charge >= 0.3 is 0 Å². The summed E-state index contributed by atoms with van der Waals surface area (Å²) >= 11 is 1.78. The van der Waals surface area contributed by atoms with Gasteiger partial charge in [-0.1, -0.05) is 0 Å². The number of hydrogen-bond donors (Lipinski definition) is 2. The van der Waals surface area contributed by atoms with Crippen LogP contribution in [0.1, 0.15) is 29.1 Å². The van der Waals surface area contributed by atoms with Gasteiger partial charge in [0.15, 0.2) is 0 Å². The number of aryl methyl sites for hydroxylation is 1. The zero-order valence-corrected chi connectivity index (χ0v) is 10.1. The molecule has 1 aliphatic rings. The van der Waals surface area contributed by atoms with Crippen LogP contribution in [-0.2, 0) is 6.54 Å². The zero-order valence-electron chi connectivity index (χ0n) is 9.25. The lowest BCUT2D eigenvalue weighted by atomic mass is 10.1. The highest BCUT2D eigenvalue weighted by atomic mass is 32.1. The summed E-state index contributed by atoms with van der Waals surface area (Å²) in [6.07, 6.45) is 5.92. The summed E-state index contributed by atoms with van der Waals surface area (Å²) in [5.41, 5.74) is 0. The number of thiazole rings is 1. The van der Waals surface area contributed by atoms with Crippen LogP contribution in [0.3, 0.4) is 0 Å². The molecule has 1 saturated heterocycles. The predicted octanol–water partition coefficient (Wildman–Crippen LogP) is 1.68. The van der Waals surface area contributed by atoms with Crippen LogP contribution in [0, 0.1) is 6.92 Å². The molecular weight excluding hydrogens is 206 g/mol. The average Bonchev–Trinajstić information content (AvgIpc) is 2.84. The molecule has 84 valence electrons. The van der Waals surface area contributed by atoms with Gasteiger partial charge in [0.1, 0.15) is 0 Å². The van der Waals surface area contributed by atoms with Crippen molar-refractivity contribution in [2.24, 2.45) is 0 Å². The molecule has 2 heterocycles. The van der Waals surface area contributed by atoms with Crippen molar-refractivity contribution in [1.82, 2.24) is 15.6 Å². The van der Waals surface area contributed by atoms with E-state index in [9.17, 15) is 0 Å². The predicted molar refractivity (Wildman–Crippen MR) is 64.2 cm³/mol. The second-order valence-electron chi connectivity index (χ2n) is 4.10. The molecule has 15 heavy (non-hydrogen) atoms. The Morgan fingerprint density at radius 3 is 3.27 bits per heavy atom. The molecule has 0 saturated carbocycles. The number of aromatic nitrogens is 1. The Kier molecular flexibility index (Phi) is 4.11. The van der Waals surface area contributed by atoms with Crippen molar-refractivity contribution in [2.45, 2.75) is 38.8 Å².